The number of esters is 1. The summed E-state index contributed by atoms with van der Waals surface area (Å²) in [7, 11) is 1.39. The lowest BCUT2D eigenvalue weighted by Gasteiger charge is -2.18. The van der Waals surface area contributed by atoms with Crippen molar-refractivity contribution in [3.8, 4) is 0 Å². The first-order chi connectivity index (χ1) is 10.1. The third-order valence-corrected chi connectivity index (χ3v) is 6.01. The van der Waals surface area contributed by atoms with Gasteiger partial charge in [-0.25, -0.2) is 4.79 Å². The Morgan fingerprint density at radius 2 is 2.29 bits per heavy atom. The summed E-state index contributed by atoms with van der Waals surface area (Å²) in [5, 5.41) is 0.115. The fourth-order valence-corrected chi connectivity index (χ4v) is 4.74. The van der Waals surface area contributed by atoms with Gasteiger partial charge < -0.3 is 9.53 Å². The van der Waals surface area contributed by atoms with Crippen molar-refractivity contribution in [3.63, 3.8) is 0 Å². The van der Waals surface area contributed by atoms with E-state index in [2.05, 4.69) is 6.92 Å². The zero-order valence-corrected chi connectivity index (χ0v) is 14.0. The molecule has 1 fully saturated rings. The molecule has 0 amide bonds. The lowest BCUT2D eigenvalue weighted by Crippen LogP contribution is -2.18. The maximum atomic E-state index is 11.4. The number of halogens is 1. The van der Waals surface area contributed by atoms with E-state index in [9.17, 15) is 9.59 Å². The monoisotopic (exact) mass is 328 g/mol. The van der Waals surface area contributed by atoms with Crippen LogP contribution in [-0.2, 0) is 16.0 Å². The molecule has 0 radical (unpaired) electrons. The number of carbonyl (C=O) groups is 2. The van der Waals surface area contributed by atoms with Crippen molar-refractivity contribution >= 4 is 35.2 Å². The van der Waals surface area contributed by atoms with Crippen molar-refractivity contribution < 1.29 is 14.3 Å². The molecule has 21 heavy (non-hydrogen) atoms. The number of aryl methyl sites for hydroxylation is 1. The first kappa shape index (κ1) is 16.5. The Hall–Kier alpha value is -0.870. The van der Waals surface area contributed by atoms with E-state index in [4.69, 9.17) is 16.3 Å². The van der Waals surface area contributed by atoms with E-state index in [1.54, 1.807) is 0 Å². The molecule has 4 atom stereocenters. The van der Waals surface area contributed by atoms with Crippen LogP contribution >= 0.6 is 22.9 Å². The van der Waals surface area contributed by atoms with Gasteiger partial charge in [0.15, 0.2) is 0 Å². The molecule has 1 heterocycles. The number of ether oxygens (including phenoxy) is 1. The molecule has 0 spiro atoms. The molecule has 1 aliphatic rings. The summed E-state index contributed by atoms with van der Waals surface area (Å²) >= 11 is 7.85. The quantitative estimate of drug-likeness (QED) is 0.451. The Morgan fingerprint density at radius 3 is 2.95 bits per heavy atom. The lowest BCUT2D eigenvalue weighted by molar-refractivity contribution is -0.113. The van der Waals surface area contributed by atoms with Gasteiger partial charge in [-0.15, -0.1) is 22.9 Å². The normalized spacial score (nSPS) is 28.5. The van der Waals surface area contributed by atoms with Gasteiger partial charge in [0.1, 0.15) is 11.2 Å². The number of thiophene rings is 1. The first-order valence-electron chi connectivity index (χ1n) is 7.33. The molecule has 116 valence electrons. The Labute approximate surface area is 134 Å². The molecular formula is C16H21ClO3S. The van der Waals surface area contributed by atoms with Crippen LogP contribution in [0.3, 0.4) is 0 Å². The van der Waals surface area contributed by atoms with Crippen molar-refractivity contribution in [2.75, 3.05) is 7.11 Å². The van der Waals surface area contributed by atoms with Gasteiger partial charge in [0.05, 0.1) is 7.11 Å². The van der Waals surface area contributed by atoms with Crippen LogP contribution in [0, 0.1) is 17.8 Å². The number of alkyl halides is 1. The average molecular weight is 329 g/mol. The highest BCUT2D eigenvalue weighted by molar-refractivity contribution is 7.13. The second-order valence-electron chi connectivity index (χ2n) is 5.76. The highest BCUT2D eigenvalue weighted by atomic mass is 35.5. The molecule has 0 aromatic carbocycles. The number of rotatable bonds is 6. The molecule has 1 aromatic heterocycles. The molecule has 3 nitrogen and oxygen atoms in total. The van der Waals surface area contributed by atoms with Crippen LogP contribution in [0.5, 0.6) is 0 Å². The van der Waals surface area contributed by atoms with Crippen molar-refractivity contribution in [2.24, 2.45) is 17.8 Å². The fourth-order valence-electron chi connectivity index (χ4n) is 3.19. The predicted molar refractivity (Wildman–Crippen MR) is 85.1 cm³/mol. The van der Waals surface area contributed by atoms with Crippen molar-refractivity contribution in [1.82, 2.24) is 0 Å². The van der Waals surface area contributed by atoms with E-state index in [1.165, 1.54) is 23.3 Å². The van der Waals surface area contributed by atoms with Crippen LogP contribution in [0.25, 0.3) is 0 Å². The van der Waals surface area contributed by atoms with Crippen LogP contribution in [0.1, 0.15) is 40.7 Å². The number of hydrogen-bond donors (Lipinski definition) is 0. The highest BCUT2D eigenvalue weighted by Gasteiger charge is 2.39. The van der Waals surface area contributed by atoms with Gasteiger partial charge in [-0.1, -0.05) is 6.92 Å². The zero-order valence-electron chi connectivity index (χ0n) is 12.4. The standard InChI is InChI=1S/C16H21ClO3S/c1-10-8-14(17)12(13(10)9-18)5-3-4-11-6-7-15(21-11)16(19)20-2/h6-7,9-10,12-14H,3-5,8H2,1-2H3/t10-,12-,13+,14-/m1/s1. The summed E-state index contributed by atoms with van der Waals surface area (Å²) < 4.78 is 4.70. The summed E-state index contributed by atoms with van der Waals surface area (Å²) in [6.07, 6.45) is 4.89. The van der Waals surface area contributed by atoms with E-state index in [0.717, 1.165) is 32.0 Å². The zero-order chi connectivity index (χ0) is 15.4. The molecule has 2 rings (SSSR count). The molecule has 0 aliphatic heterocycles. The largest absolute Gasteiger partial charge is 0.465 e. The van der Waals surface area contributed by atoms with Crippen molar-refractivity contribution in [3.05, 3.63) is 21.9 Å². The van der Waals surface area contributed by atoms with E-state index in [-0.39, 0.29) is 17.3 Å². The minimum absolute atomic E-state index is 0.0986. The van der Waals surface area contributed by atoms with Gasteiger partial charge in [0.25, 0.3) is 0 Å². The molecule has 5 heteroatoms. The topological polar surface area (TPSA) is 43.4 Å². The highest BCUT2D eigenvalue weighted by Crippen LogP contribution is 2.41. The predicted octanol–water partition coefficient (Wildman–Crippen LogP) is 3.94. The first-order valence-corrected chi connectivity index (χ1v) is 8.58. The van der Waals surface area contributed by atoms with Crippen LogP contribution in [0.15, 0.2) is 12.1 Å². The van der Waals surface area contributed by atoms with E-state index >= 15 is 0 Å². The molecule has 0 N–H and O–H groups in total. The van der Waals surface area contributed by atoms with Gasteiger partial charge in [-0.2, -0.15) is 0 Å². The minimum Gasteiger partial charge on any atom is -0.465 e. The third-order valence-electron chi connectivity index (χ3n) is 4.38. The molecule has 0 bridgehead atoms. The summed E-state index contributed by atoms with van der Waals surface area (Å²) in [4.78, 5) is 24.4. The van der Waals surface area contributed by atoms with Gasteiger partial charge in [0, 0.05) is 16.2 Å². The minimum atomic E-state index is -0.280. The fraction of sp³-hybridized carbons (Fsp3) is 0.625. The van der Waals surface area contributed by atoms with Gasteiger partial charge >= 0.3 is 5.97 Å². The number of aldehydes is 1. The Bertz CT molecular complexity index is 499. The van der Waals surface area contributed by atoms with Gasteiger partial charge in [-0.3, -0.25) is 0 Å². The summed E-state index contributed by atoms with van der Waals surface area (Å²) in [5.74, 6) is 0.501. The summed E-state index contributed by atoms with van der Waals surface area (Å²) in [6.45, 7) is 2.11. The molecule has 1 aliphatic carbocycles. The Balaban J connectivity index is 1.85. The molecule has 0 unspecified atom stereocenters. The number of hydrogen-bond acceptors (Lipinski definition) is 4. The van der Waals surface area contributed by atoms with E-state index < -0.39 is 0 Å². The number of carbonyl (C=O) groups excluding carboxylic acids is 2. The molecule has 0 saturated heterocycles. The van der Waals surface area contributed by atoms with E-state index in [0.29, 0.717) is 16.7 Å². The van der Waals surface area contributed by atoms with Gasteiger partial charge in [-0.05, 0) is 49.7 Å². The Kier molecular flexibility index (Phi) is 5.82. The van der Waals surface area contributed by atoms with Gasteiger partial charge in [0.2, 0.25) is 0 Å². The average Bonchev–Trinajstić information content (AvgIpc) is 3.03. The van der Waals surface area contributed by atoms with Crippen LogP contribution in [-0.4, -0.2) is 24.7 Å². The lowest BCUT2D eigenvalue weighted by atomic mass is 9.88. The maximum absolute atomic E-state index is 11.4. The molecular weight excluding hydrogens is 308 g/mol. The van der Waals surface area contributed by atoms with Crippen molar-refractivity contribution in [1.29, 1.82) is 0 Å². The van der Waals surface area contributed by atoms with Crippen LogP contribution in [0.2, 0.25) is 0 Å². The van der Waals surface area contributed by atoms with Crippen LogP contribution in [0.4, 0.5) is 0 Å². The molecule has 1 aromatic rings. The second kappa shape index (κ2) is 7.41. The summed E-state index contributed by atoms with van der Waals surface area (Å²) in [5.41, 5.74) is 0. The van der Waals surface area contributed by atoms with Crippen LogP contribution < -0.4 is 0 Å². The summed E-state index contributed by atoms with van der Waals surface area (Å²) in [6, 6.07) is 3.78. The molecule has 1 saturated carbocycles. The van der Waals surface area contributed by atoms with E-state index in [1.807, 2.05) is 12.1 Å². The third kappa shape index (κ3) is 3.86. The smallest absolute Gasteiger partial charge is 0.348 e. The number of methoxy groups -OCH3 is 1. The SMILES string of the molecule is COC(=O)c1ccc(CCC[C@@H]2[C@@H](C=O)[C@H](C)C[C@H]2Cl)s1. The Morgan fingerprint density at radius 1 is 1.52 bits per heavy atom. The maximum Gasteiger partial charge on any atom is 0.348 e. The van der Waals surface area contributed by atoms with Crippen molar-refractivity contribution in [2.45, 2.75) is 38.0 Å². The second-order valence-corrected chi connectivity index (χ2v) is 7.48.